The van der Waals surface area contributed by atoms with Gasteiger partial charge in [0.2, 0.25) is 5.91 Å². The summed E-state index contributed by atoms with van der Waals surface area (Å²) in [6.45, 7) is 2.52. The third kappa shape index (κ3) is 4.03. The second-order valence-corrected chi connectivity index (χ2v) is 9.22. The van der Waals surface area contributed by atoms with Crippen molar-refractivity contribution in [2.24, 2.45) is 17.8 Å². The maximum atomic E-state index is 12.6. The number of nitrogens with one attached hydrogen (secondary N) is 2. The SMILES string of the molecule is C[C@@H](C(=O)NC(=O)NC12CC3CC(CC(C3)C1)C2)N(C)Cc1ccccc1. The summed E-state index contributed by atoms with van der Waals surface area (Å²) in [5.41, 5.74) is 1.08. The molecule has 1 atom stereocenters. The van der Waals surface area contributed by atoms with Crippen molar-refractivity contribution >= 4 is 11.9 Å². The zero-order valence-electron chi connectivity index (χ0n) is 16.4. The number of nitrogens with zero attached hydrogens (tertiary/aromatic N) is 1. The van der Waals surface area contributed by atoms with E-state index in [1.54, 1.807) is 0 Å². The molecule has 2 N–H and O–H groups in total. The van der Waals surface area contributed by atoms with Gasteiger partial charge >= 0.3 is 6.03 Å². The lowest BCUT2D eigenvalue weighted by molar-refractivity contribution is -0.124. The first-order chi connectivity index (χ1) is 12.9. The van der Waals surface area contributed by atoms with Crippen molar-refractivity contribution in [2.45, 2.75) is 63.6 Å². The summed E-state index contributed by atoms with van der Waals surface area (Å²) in [5.74, 6) is 2.06. The fourth-order valence-corrected chi connectivity index (χ4v) is 5.96. The normalized spacial score (nSPS) is 32.3. The third-order valence-electron chi connectivity index (χ3n) is 6.97. The van der Waals surface area contributed by atoms with Gasteiger partial charge in [-0.15, -0.1) is 0 Å². The van der Waals surface area contributed by atoms with Crippen LogP contribution in [0.3, 0.4) is 0 Å². The fraction of sp³-hybridized carbons (Fsp3) is 0.636. The molecule has 146 valence electrons. The molecule has 0 aromatic heterocycles. The zero-order valence-corrected chi connectivity index (χ0v) is 16.4. The van der Waals surface area contributed by atoms with Crippen molar-refractivity contribution in [1.82, 2.24) is 15.5 Å². The van der Waals surface area contributed by atoms with Gasteiger partial charge in [0.15, 0.2) is 0 Å². The number of carbonyl (C=O) groups is 2. The van der Waals surface area contributed by atoms with E-state index in [1.165, 1.54) is 19.3 Å². The number of rotatable bonds is 5. The minimum Gasteiger partial charge on any atom is -0.332 e. The predicted octanol–water partition coefficient (Wildman–Crippen LogP) is 3.30. The number of benzene rings is 1. The molecule has 0 saturated heterocycles. The first-order valence-electron chi connectivity index (χ1n) is 10.3. The van der Waals surface area contributed by atoms with Crippen LogP contribution < -0.4 is 10.6 Å². The summed E-state index contributed by atoms with van der Waals surface area (Å²) in [7, 11) is 1.91. The Morgan fingerprint density at radius 2 is 1.63 bits per heavy atom. The number of urea groups is 1. The van der Waals surface area contributed by atoms with Gasteiger partial charge in [-0.3, -0.25) is 15.0 Å². The summed E-state index contributed by atoms with van der Waals surface area (Å²) >= 11 is 0. The quantitative estimate of drug-likeness (QED) is 0.837. The van der Waals surface area contributed by atoms with E-state index in [0.717, 1.165) is 42.6 Å². The van der Waals surface area contributed by atoms with Crippen LogP contribution in [0.15, 0.2) is 30.3 Å². The zero-order chi connectivity index (χ0) is 19.0. The van der Waals surface area contributed by atoms with Crippen molar-refractivity contribution in [3.63, 3.8) is 0 Å². The first-order valence-corrected chi connectivity index (χ1v) is 10.3. The topological polar surface area (TPSA) is 61.4 Å². The molecule has 4 fully saturated rings. The van der Waals surface area contributed by atoms with Crippen LogP contribution in [0.5, 0.6) is 0 Å². The molecular formula is C22H31N3O2. The van der Waals surface area contributed by atoms with Crippen LogP contribution in [0.2, 0.25) is 0 Å². The monoisotopic (exact) mass is 369 g/mol. The van der Waals surface area contributed by atoms with Crippen molar-refractivity contribution in [3.05, 3.63) is 35.9 Å². The summed E-state index contributed by atoms with van der Waals surface area (Å²) in [6, 6.07) is 9.37. The van der Waals surface area contributed by atoms with E-state index >= 15 is 0 Å². The van der Waals surface area contributed by atoms with Crippen LogP contribution in [0, 0.1) is 17.8 Å². The summed E-state index contributed by atoms with van der Waals surface area (Å²) in [5, 5.41) is 5.80. The van der Waals surface area contributed by atoms with Gasteiger partial charge in [-0.1, -0.05) is 30.3 Å². The standard InChI is InChI=1S/C22H31N3O2/c1-15(25(2)14-16-6-4-3-5-7-16)20(26)23-21(27)24-22-11-17-8-18(12-22)10-19(9-17)13-22/h3-7,15,17-19H,8-14H2,1-2H3,(H2,23,24,26,27)/t15-,17?,18?,19?,22?/m0/s1. The van der Waals surface area contributed by atoms with Crippen LogP contribution >= 0.6 is 0 Å². The maximum Gasteiger partial charge on any atom is 0.321 e. The van der Waals surface area contributed by atoms with Crippen LogP contribution in [0.1, 0.15) is 51.0 Å². The third-order valence-corrected chi connectivity index (χ3v) is 6.97. The highest BCUT2D eigenvalue weighted by Gasteiger charge is 2.51. The van der Waals surface area contributed by atoms with Gasteiger partial charge in [0.1, 0.15) is 0 Å². The van der Waals surface area contributed by atoms with E-state index in [2.05, 4.69) is 10.6 Å². The Morgan fingerprint density at radius 1 is 1.07 bits per heavy atom. The second kappa shape index (κ2) is 7.27. The Morgan fingerprint density at radius 3 is 2.19 bits per heavy atom. The molecule has 4 aliphatic rings. The average molecular weight is 370 g/mol. The van der Waals surface area contributed by atoms with Gasteiger partial charge in [-0.2, -0.15) is 0 Å². The molecule has 5 heteroatoms. The molecule has 27 heavy (non-hydrogen) atoms. The Balaban J connectivity index is 1.30. The maximum absolute atomic E-state index is 12.6. The van der Waals surface area contributed by atoms with Gasteiger partial charge in [0, 0.05) is 12.1 Å². The summed E-state index contributed by atoms with van der Waals surface area (Å²) < 4.78 is 0. The molecule has 0 aliphatic heterocycles. The van der Waals surface area contributed by atoms with Crippen LogP contribution in [0.25, 0.3) is 0 Å². The molecule has 1 aromatic carbocycles. The van der Waals surface area contributed by atoms with Gasteiger partial charge < -0.3 is 5.32 Å². The van der Waals surface area contributed by atoms with Gasteiger partial charge in [0.25, 0.3) is 0 Å². The average Bonchev–Trinajstić information content (AvgIpc) is 2.60. The second-order valence-electron chi connectivity index (χ2n) is 9.22. The minimum absolute atomic E-state index is 0.0711. The molecule has 0 heterocycles. The predicted molar refractivity (Wildman–Crippen MR) is 105 cm³/mol. The fourth-order valence-electron chi connectivity index (χ4n) is 5.96. The Hall–Kier alpha value is -1.88. The van der Waals surface area contributed by atoms with Crippen molar-refractivity contribution in [1.29, 1.82) is 0 Å². The minimum atomic E-state index is -0.368. The molecule has 5 nitrogen and oxygen atoms in total. The van der Waals surface area contributed by atoms with E-state index in [4.69, 9.17) is 0 Å². The van der Waals surface area contributed by atoms with Gasteiger partial charge in [0.05, 0.1) is 6.04 Å². The highest BCUT2D eigenvalue weighted by atomic mass is 16.2. The van der Waals surface area contributed by atoms with Gasteiger partial charge in [-0.25, -0.2) is 4.79 Å². The highest BCUT2D eigenvalue weighted by molar-refractivity contribution is 5.97. The lowest BCUT2D eigenvalue weighted by atomic mass is 9.53. The van der Waals surface area contributed by atoms with Crippen molar-refractivity contribution < 1.29 is 9.59 Å². The molecule has 5 rings (SSSR count). The molecule has 4 saturated carbocycles. The Labute approximate surface area is 161 Å². The van der Waals surface area contributed by atoms with Crippen LogP contribution in [-0.4, -0.2) is 35.5 Å². The van der Waals surface area contributed by atoms with E-state index in [1.807, 2.05) is 49.2 Å². The number of hydrogen-bond donors (Lipinski definition) is 2. The van der Waals surface area contributed by atoms with E-state index in [0.29, 0.717) is 6.54 Å². The molecule has 4 aliphatic carbocycles. The summed E-state index contributed by atoms with van der Waals surface area (Å²) in [4.78, 5) is 27.1. The Kier molecular flexibility index (Phi) is 4.97. The molecule has 1 aromatic rings. The van der Waals surface area contributed by atoms with Crippen molar-refractivity contribution in [2.75, 3.05) is 7.05 Å². The molecule has 0 radical (unpaired) electrons. The molecule has 0 unspecified atom stereocenters. The molecule has 0 spiro atoms. The number of imide groups is 1. The lowest BCUT2D eigenvalue weighted by Crippen LogP contribution is -2.62. The van der Waals surface area contributed by atoms with Crippen LogP contribution in [0.4, 0.5) is 4.79 Å². The van der Waals surface area contributed by atoms with E-state index in [-0.39, 0.29) is 23.5 Å². The molecular weight excluding hydrogens is 338 g/mol. The van der Waals surface area contributed by atoms with Crippen molar-refractivity contribution in [3.8, 4) is 0 Å². The first kappa shape index (κ1) is 18.5. The van der Waals surface area contributed by atoms with Crippen LogP contribution in [-0.2, 0) is 11.3 Å². The molecule has 4 bridgehead atoms. The molecule has 3 amide bonds. The number of carbonyl (C=O) groups excluding carboxylic acids is 2. The lowest BCUT2D eigenvalue weighted by Gasteiger charge is -2.56. The van der Waals surface area contributed by atoms with E-state index < -0.39 is 0 Å². The highest BCUT2D eigenvalue weighted by Crippen LogP contribution is 2.55. The number of hydrogen-bond acceptors (Lipinski definition) is 3. The largest absolute Gasteiger partial charge is 0.332 e. The van der Waals surface area contributed by atoms with E-state index in [9.17, 15) is 9.59 Å². The number of likely N-dealkylation sites (N-methyl/N-ethyl adjacent to an activating group) is 1. The smallest absolute Gasteiger partial charge is 0.321 e. The Bertz CT molecular complexity index is 667. The van der Waals surface area contributed by atoms with Gasteiger partial charge in [-0.05, 0) is 75.8 Å². The summed E-state index contributed by atoms with van der Waals surface area (Å²) in [6.07, 6.45) is 7.27. The number of amides is 3.